The predicted octanol–water partition coefficient (Wildman–Crippen LogP) is 2.28. The maximum atomic E-state index is 9.25. The normalized spacial score (nSPS) is 21.6. The Kier molecular flexibility index (Phi) is 4.00. The third-order valence-electron chi connectivity index (χ3n) is 3.10. The Morgan fingerprint density at radius 1 is 1.50 bits per heavy atom. The Balaban J connectivity index is 1.98. The Morgan fingerprint density at radius 2 is 2.31 bits per heavy atom. The first-order valence-electron chi connectivity index (χ1n) is 5.84. The monoisotopic (exact) mass is 283 g/mol. The molecule has 0 aliphatic heterocycles. The second-order valence-corrected chi connectivity index (χ2v) is 5.53. The van der Waals surface area contributed by atoms with Crippen LogP contribution in [0.5, 0.6) is 0 Å². The number of benzene rings is 1. The van der Waals surface area contributed by atoms with E-state index in [-0.39, 0.29) is 6.10 Å². The van der Waals surface area contributed by atoms with E-state index in [0.717, 1.165) is 19.3 Å². The van der Waals surface area contributed by atoms with Gasteiger partial charge in [-0.05, 0) is 49.4 Å². The van der Waals surface area contributed by atoms with Crippen LogP contribution in [0.4, 0.5) is 0 Å². The third kappa shape index (κ3) is 3.06. The van der Waals surface area contributed by atoms with Gasteiger partial charge < -0.3 is 10.4 Å². The summed E-state index contributed by atoms with van der Waals surface area (Å²) < 4.78 is 1.17. The van der Waals surface area contributed by atoms with Gasteiger partial charge in [-0.25, -0.2) is 0 Å². The largest absolute Gasteiger partial charge is 0.392 e. The summed E-state index contributed by atoms with van der Waals surface area (Å²) in [5, 5.41) is 12.7. The van der Waals surface area contributed by atoms with Crippen LogP contribution in [0.15, 0.2) is 22.7 Å². The minimum atomic E-state index is -0.258. The molecule has 0 saturated carbocycles. The number of fused-ring (bicyclic) bond motifs is 1. The van der Waals surface area contributed by atoms with E-state index in [1.807, 2.05) is 6.92 Å². The number of aryl methyl sites for hydroxylation is 1. The molecule has 0 radical (unpaired) electrons. The SMILES string of the molecule is C[C@H](O)CNC1CCc2cc(Br)ccc2C1. The molecule has 2 rings (SSSR count). The number of hydrogen-bond donors (Lipinski definition) is 2. The first-order chi connectivity index (χ1) is 7.65. The molecular formula is C13H18BrNO. The van der Waals surface area contributed by atoms with Gasteiger partial charge in [-0.3, -0.25) is 0 Å². The van der Waals surface area contributed by atoms with Gasteiger partial charge in [0.2, 0.25) is 0 Å². The quantitative estimate of drug-likeness (QED) is 0.892. The minimum absolute atomic E-state index is 0.258. The molecule has 1 unspecified atom stereocenters. The first-order valence-corrected chi connectivity index (χ1v) is 6.63. The van der Waals surface area contributed by atoms with Crippen molar-refractivity contribution in [2.45, 2.75) is 38.3 Å². The van der Waals surface area contributed by atoms with Gasteiger partial charge in [0, 0.05) is 17.1 Å². The van der Waals surface area contributed by atoms with E-state index in [2.05, 4.69) is 39.4 Å². The molecule has 0 bridgehead atoms. The maximum Gasteiger partial charge on any atom is 0.0636 e. The number of aliphatic hydroxyl groups is 1. The lowest BCUT2D eigenvalue weighted by molar-refractivity contribution is 0.184. The highest BCUT2D eigenvalue weighted by atomic mass is 79.9. The van der Waals surface area contributed by atoms with Gasteiger partial charge in [-0.15, -0.1) is 0 Å². The van der Waals surface area contributed by atoms with Gasteiger partial charge in [0.1, 0.15) is 0 Å². The molecule has 1 aliphatic rings. The Labute approximate surface area is 105 Å². The molecule has 3 heteroatoms. The van der Waals surface area contributed by atoms with Crippen molar-refractivity contribution in [1.82, 2.24) is 5.32 Å². The molecule has 0 heterocycles. The van der Waals surface area contributed by atoms with Crippen LogP contribution in [0.1, 0.15) is 24.5 Å². The molecule has 1 aromatic rings. The standard InChI is InChI=1S/C13H18BrNO/c1-9(16)8-15-13-5-3-10-6-12(14)4-2-11(10)7-13/h2,4,6,9,13,15-16H,3,5,7-8H2,1H3/t9-,13?/m0/s1. The van der Waals surface area contributed by atoms with E-state index in [0.29, 0.717) is 12.6 Å². The molecule has 2 atom stereocenters. The van der Waals surface area contributed by atoms with Crippen LogP contribution in [0.2, 0.25) is 0 Å². The zero-order chi connectivity index (χ0) is 11.5. The zero-order valence-electron chi connectivity index (χ0n) is 9.54. The van der Waals surface area contributed by atoms with Crippen molar-refractivity contribution in [1.29, 1.82) is 0 Å². The fourth-order valence-corrected chi connectivity index (χ4v) is 2.64. The summed E-state index contributed by atoms with van der Waals surface area (Å²) in [6.45, 7) is 2.51. The summed E-state index contributed by atoms with van der Waals surface area (Å²) in [7, 11) is 0. The van der Waals surface area contributed by atoms with Crippen molar-refractivity contribution >= 4 is 15.9 Å². The van der Waals surface area contributed by atoms with Crippen LogP contribution < -0.4 is 5.32 Å². The molecule has 1 aliphatic carbocycles. The predicted molar refractivity (Wildman–Crippen MR) is 69.6 cm³/mol. The number of nitrogens with one attached hydrogen (secondary N) is 1. The summed E-state index contributed by atoms with van der Waals surface area (Å²) in [6, 6.07) is 7.05. The Bertz CT molecular complexity index is 365. The topological polar surface area (TPSA) is 32.3 Å². The average molecular weight is 284 g/mol. The summed E-state index contributed by atoms with van der Waals surface area (Å²) in [4.78, 5) is 0. The minimum Gasteiger partial charge on any atom is -0.392 e. The molecule has 0 spiro atoms. The van der Waals surface area contributed by atoms with Crippen LogP contribution in [0, 0.1) is 0 Å². The smallest absolute Gasteiger partial charge is 0.0636 e. The van der Waals surface area contributed by atoms with Gasteiger partial charge in [-0.2, -0.15) is 0 Å². The second kappa shape index (κ2) is 5.30. The fraction of sp³-hybridized carbons (Fsp3) is 0.538. The molecule has 0 aromatic heterocycles. The van der Waals surface area contributed by atoms with Gasteiger partial charge in [0.25, 0.3) is 0 Å². The molecule has 1 aromatic carbocycles. The van der Waals surface area contributed by atoms with Gasteiger partial charge in [0.05, 0.1) is 6.10 Å². The van der Waals surface area contributed by atoms with Gasteiger partial charge in [-0.1, -0.05) is 22.0 Å². The fourth-order valence-electron chi connectivity index (χ4n) is 2.24. The first kappa shape index (κ1) is 12.1. The average Bonchev–Trinajstić information content (AvgIpc) is 2.26. The lowest BCUT2D eigenvalue weighted by atomic mass is 9.88. The van der Waals surface area contributed by atoms with Crippen LogP contribution in [-0.2, 0) is 12.8 Å². The summed E-state index contributed by atoms with van der Waals surface area (Å²) in [5.41, 5.74) is 2.90. The van der Waals surface area contributed by atoms with Crippen molar-refractivity contribution < 1.29 is 5.11 Å². The molecule has 88 valence electrons. The highest BCUT2D eigenvalue weighted by molar-refractivity contribution is 9.10. The molecule has 0 fully saturated rings. The third-order valence-corrected chi connectivity index (χ3v) is 3.59. The van der Waals surface area contributed by atoms with E-state index < -0.39 is 0 Å². The highest BCUT2D eigenvalue weighted by Crippen LogP contribution is 2.24. The van der Waals surface area contributed by atoms with E-state index >= 15 is 0 Å². The van der Waals surface area contributed by atoms with Crippen molar-refractivity contribution in [2.75, 3.05) is 6.54 Å². The molecule has 0 amide bonds. The van der Waals surface area contributed by atoms with Gasteiger partial charge >= 0.3 is 0 Å². The molecule has 2 N–H and O–H groups in total. The number of aliphatic hydroxyl groups excluding tert-OH is 1. The summed E-state index contributed by atoms with van der Waals surface area (Å²) in [5.74, 6) is 0. The number of rotatable bonds is 3. The second-order valence-electron chi connectivity index (χ2n) is 4.61. The molecule has 16 heavy (non-hydrogen) atoms. The van der Waals surface area contributed by atoms with Crippen LogP contribution in [0.3, 0.4) is 0 Å². The molecule has 2 nitrogen and oxygen atoms in total. The molecular weight excluding hydrogens is 266 g/mol. The lowest BCUT2D eigenvalue weighted by Gasteiger charge is -2.26. The Morgan fingerprint density at radius 3 is 3.06 bits per heavy atom. The van der Waals surface area contributed by atoms with Crippen molar-refractivity contribution in [3.63, 3.8) is 0 Å². The zero-order valence-corrected chi connectivity index (χ0v) is 11.1. The van der Waals surface area contributed by atoms with Crippen molar-refractivity contribution in [3.8, 4) is 0 Å². The Hall–Kier alpha value is -0.380. The number of halogens is 1. The van der Waals surface area contributed by atoms with E-state index in [1.54, 1.807) is 0 Å². The highest BCUT2D eigenvalue weighted by Gasteiger charge is 2.18. The van der Waals surface area contributed by atoms with E-state index in [4.69, 9.17) is 0 Å². The van der Waals surface area contributed by atoms with Crippen LogP contribution in [0.25, 0.3) is 0 Å². The lowest BCUT2D eigenvalue weighted by Crippen LogP contribution is -2.38. The van der Waals surface area contributed by atoms with Crippen molar-refractivity contribution in [2.24, 2.45) is 0 Å². The molecule has 0 saturated heterocycles. The summed E-state index contributed by atoms with van der Waals surface area (Å²) >= 11 is 3.51. The van der Waals surface area contributed by atoms with Crippen LogP contribution in [-0.4, -0.2) is 23.8 Å². The maximum absolute atomic E-state index is 9.25. The summed E-state index contributed by atoms with van der Waals surface area (Å²) in [6.07, 6.45) is 3.11. The number of hydrogen-bond acceptors (Lipinski definition) is 2. The van der Waals surface area contributed by atoms with Crippen LogP contribution >= 0.6 is 15.9 Å². The van der Waals surface area contributed by atoms with Crippen molar-refractivity contribution in [3.05, 3.63) is 33.8 Å². The van der Waals surface area contributed by atoms with E-state index in [9.17, 15) is 5.11 Å². The van der Waals surface area contributed by atoms with E-state index in [1.165, 1.54) is 15.6 Å². The van der Waals surface area contributed by atoms with Gasteiger partial charge in [0.15, 0.2) is 0 Å².